The van der Waals surface area contributed by atoms with Crippen LogP contribution >= 0.6 is 0 Å². The molecular formula is C25H29N7. The van der Waals surface area contributed by atoms with Crippen LogP contribution in [0, 0.1) is 13.8 Å². The standard InChI is InChI=1S/C25H29N7/c1-15-7-6-8-16(2)21(15)29-24-26-14-20-22(31-32(5)23(20)30-24)28-19-10-9-17-12-25(3,4)27-13-18(17)11-19/h6-11,14,27H,12-13H2,1-5H3,(H,28,31)(H,26,29,30). The van der Waals surface area contributed by atoms with E-state index in [1.807, 2.05) is 13.2 Å². The summed E-state index contributed by atoms with van der Waals surface area (Å²) in [4.78, 5) is 9.29. The first-order valence-corrected chi connectivity index (χ1v) is 11.0. The monoisotopic (exact) mass is 427 g/mol. The van der Waals surface area contributed by atoms with Crippen molar-refractivity contribution >= 4 is 34.2 Å². The molecule has 5 rings (SSSR count). The van der Waals surface area contributed by atoms with Gasteiger partial charge in [-0.3, -0.25) is 0 Å². The van der Waals surface area contributed by atoms with E-state index in [4.69, 9.17) is 4.98 Å². The maximum absolute atomic E-state index is 4.73. The number of fused-ring (bicyclic) bond motifs is 2. The second-order valence-corrected chi connectivity index (χ2v) is 9.32. The third kappa shape index (κ3) is 3.80. The third-order valence-electron chi connectivity index (χ3n) is 6.16. The molecule has 7 heteroatoms. The minimum absolute atomic E-state index is 0.138. The molecule has 0 unspecified atom stereocenters. The largest absolute Gasteiger partial charge is 0.338 e. The van der Waals surface area contributed by atoms with Crippen molar-refractivity contribution in [2.45, 2.75) is 46.2 Å². The number of nitrogens with one attached hydrogen (secondary N) is 3. The Kier molecular flexibility index (Phi) is 4.86. The lowest BCUT2D eigenvalue weighted by atomic mass is 9.87. The first-order valence-electron chi connectivity index (χ1n) is 11.0. The van der Waals surface area contributed by atoms with Gasteiger partial charge in [0.25, 0.3) is 0 Å². The zero-order valence-electron chi connectivity index (χ0n) is 19.2. The lowest BCUT2D eigenvalue weighted by Gasteiger charge is -2.33. The van der Waals surface area contributed by atoms with Crippen LogP contribution in [0.25, 0.3) is 11.0 Å². The first kappa shape index (κ1) is 20.5. The summed E-state index contributed by atoms with van der Waals surface area (Å²) in [5, 5.41) is 16.0. The second kappa shape index (κ2) is 7.60. The molecule has 0 spiro atoms. The van der Waals surface area contributed by atoms with Gasteiger partial charge in [-0.05, 0) is 68.5 Å². The van der Waals surface area contributed by atoms with Gasteiger partial charge in [0.15, 0.2) is 11.5 Å². The van der Waals surface area contributed by atoms with Crippen LogP contribution in [0.1, 0.15) is 36.1 Å². The van der Waals surface area contributed by atoms with Crippen LogP contribution in [-0.4, -0.2) is 25.3 Å². The molecule has 2 aromatic heterocycles. The quantitative estimate of drug-likeness (QED) is 0.430. The van der Waals surface area contributed by atoms with Gasteiger partial charge in [0.2, 0.25) is 5.95 Å². The molecule has 164 valence electrons. The lowest BCUT2D eigenvalue weighted by Crippen LogP contribution is -2.44. The highest BCUT2D eigenvalue weighted by Crippen LogP contribution is 2.30. The predicted octanol–water partition coefficient (Wildman–Crippen LogP) is 4.89. The van der Waals surface area contributed by atoms with Crippen LogP contribution in [0.15, 0.2) is 42.6 Å². The molecule has 1 aliphatic heterocycles. The topological polar surface area (TPSA) is 79.7 Å². The minimum Gasteiger partial charge on any atom is -0.338 e. The molecule has 0 saturated heterocycles. The van der Waals surface area contributed by atoms with E-state index in [1.165, 1.54) is 11.1 Å². The zero-order valence-corrected chi connectivity index (χ0v) is 19.2. The van der Waals surface area contributed by atoms with Crippen molar-refractivity contribution in [2.24, 2.45) is 7.05 Å². The summed E-state index contributed by atoms with van der Waals surface area (Å²) in [6.07, 6.45) is 2.86. The van der Waals surface area contributed by atoms with E-state index in [9.17, 15) is 0 Å². The van der Waals surface area contributed by atoms with Crippen LogP contribution in [-0.2, 0) is 20.0 Å². The van der Waals surface area contributed by atoms with Gasteiger partial charge in [0, 0.05) is 36.7 Å². The van der Waals surface area contributed by atoms with Crippen LogP contribution in [0.4, 0.5) is 23.1 Å². The number of benzene rings is 2. The van der Waals surface area contributed by atoms with Crippen LogP contribution in [0.5, 0.6) is 0 Å². The summed E-state index contributed by atoms with van der Waals surface area (Å²) in [6.45, 7) is 9.51. The average Bonchev–Trinajstić information content (AvgIpc) is 3.05. The summed E-state index contributed by atoms with van der Waals surface area (Å²) >= 11 is 0. The zero-order chi connectivity index (χ0) is 22.5. The van der Waals surface area contributed by atoms with E-state index >= 15 is 0 Å². The molecule has 2 aromatic carbocycles. The Bertz CT molecular complexity index is 1300. The fourth-order valence-electron chi connectivity index (χ4n) is 4.36. The first-order chi connectivity index (χ1) is 15.3. The number of para-hydroxylation sites is 1. The molecule has 7 nitrogen and oxygen atoms in total. The Morgan fingerprint density at radius 1 is 1.03 bits per heavy atom. The lowest BCUT2D eigenvalue weighted by molar-refractivity contribution is 0.363. The SMILES string of the molecule is Cc1cccc(C)c1Nc1ncc2c(Nc3ccc4c(c3)CNC(C)(C)C4)nn(C)c2n1. The highest BCUT2D eigenvalue weighted by atomic mass is 15.3. The van der Waals surface area contributed by atoms with Crippen molar-refractivity contribution in [1.82, 2.24) is 25.1 Å². The third-order valence-corrected chi connectivity index (χ3v) is 6.16. The summed E-state index contributed by atoms with van der Waals surface area (Å²) in [5.74, 6) is 1.32. The normalized spacial score (nSPS) is 14.9. The number of hydrogen-bond donors (Lipinski definition) is 3. The van der Waals surface area contributed by atoms with Gasteiger partial charge in [-0.15, -0.1) is 0 Å². The summed E-state index contributed by atoms with van der Waals surface area (Å²) in [6, 6.07) is 12.8. The van der Waals surface area contributed by atoms with Crippen molar-refractivity contribution in [3.8, 4) is 0 Å². The molecule has 0 bridgehead atoms. The molecule has 0 fully saturated rings. The summed E-state index contributed by atoms with van der Waals surface area (Å²) in [7, 11) is 1.90. The maximum atomic E-state index is 4.73. The molecule has 0 amide bonds. The fraction of sp³-hybridized carbons (Fsp3) is 0.320. The second-order valence-electron chi connectivity index (χ2n) is 9.32. The Hall–Kier alpha value is -3.45. The van der Waals surface area contributed by atoms with Crippen molar-refractivity contribution in [3.05, 3.63) is 64.8 Å². The number of aromatic nitrogens is 4. The number of aryl methyl sites for hydroxylation is 3. The van der Waals surface area contributed by atoms with Crippen molar-refractivity contribution < 1.29 is 0 Å². The number of rotatable bonds is 4. The van der Waals surface area contributed by atoms with Crippen molar-refractivity contribution in [2.75, 3.05) is 10.6 Å². The van der Waals surface area contributed by atoms with Crippen LogP contribution in [0.3, 0.4) is 0 Å². The molecule has 3 N–H and O–H groups in total. The molecule has 0 aliphatic carbocycles. The van der Waals surface area contributed by atoms with Gasteiger partial charge < -0.3 is 16.0 Å². The van der Waals surface area contributed by atoms with Gasteiger partial charge in [-0.25, -0.2) is 9.67 Å². The average molecular weight is 428 g/mol. The van der Waals surface area contributed by atoms with Crippen LogP contribution in [0.2, 0.25) is 0 Å². The highest BCUT2D eigenvalue weighted by Gasteiger charge is 2.24. The van der Waals surface area contributed by atoms with Crippen LogP contribution < -0.4 is 16.0 Å². The molecule has 0 radical (unpaired) electrons. The number of nitrogens with zero attached hydrogens (tertiary/aromatic N) is 4. The molecule has 32 heavy (non-hydrogen) atoms. The van der Waals surface area contributed by atoms with E-state index in [-0.39, 0.29) is 5.54 Å². The minimum atomic E-state index is 0.138. The smallest absolute Gasteiger partial charge is 0.229 e. The Morgan fingerprint density at radius 2 is 1.81 bits per heavy atom. The Morgan fingerprint density at radius 3 is 2.59 bits per heavy atom. The molecule has 3 heterocycles. The predicted molar refractivity (Wildman–Crippen MR) is 130 cm³/mol. The van der Waals surface area contributed by atoms with Crippen molar-refractivity contribution in [3.63, 3.8) is 0 Å². The van der Waals surface area contributed by atoms with E-state index in [0.29, 0.717) is 5.95 Å². The molecule has 4 aromatic rings. The van der Waals surface area contributed by atoms with Gasteiger partial charge in [0.1, 0.15) is 0 Å². The maximum Gasteiger partial charge on any atom is 0.229 e. The van der Waals surface area contributed by atoms with E-state index in [2.05, 4.69) is 90.1 Å². The van der Waals surface area contributed by atoms with Gasteiger partial charge in [-0.2, -0.15) is 10.1 Å². The number of hydrogen-bond acceptors (Lipinski definition) is 6. The number of anilines is 4. The Balaban J connectivity index is 1.43. The molecule has 1 aliphatic rings. The van der Waals surface area contributed by atoms with E-state index < -0.39 is 0 Å². The summed E-state index contributed by atoms with van der Waals surface area (Å²) < 4.78 is 1.79. The highest BCUT2D eigenvalue weighted by molar-refractivity contribution is 5.89. The summed E-state index contributed by atoms with van der Waals surface area (Å²) in [5.41, 5.74) is 8.01. The van der Waals surface area contributed by atoms with Crippen molar-refractivity contribution in [1.29, 1.82) is 0 Å². The van der Waals surface area contributed by atoms with E-state index in [1.54, 1.807) is 4.68 Å². The molecule has 0 saturated carbocycles. The molecule has 0 atom stereocenters. The molecular weight excluding hydrogens is 398 g/mol. The van der Waals surface area contributed by atoms with E-state index in [0.717, 1.165) is 52.3 Å². The fourth-order valence-corrected chi connectivity index (χ4v) is 4.36. The van der Waals surface area contributed by atoms with Gasteiger partial charge in [0.05, 0.1) is 5.39 Å². The van der Waals surface area contributed by atoms with Gasteiger partial charge >= 0.3 is 0 Å². The Labute approximate surface area is 188 Å². The van der Waals surface area contributed by atoms with Gasteiger partial charge in [-0.1, -0.05) is 24.3 Å².